The van der Waals surface area contributed by atoms with Crippen LogP contribution in [0.2, 0.25) is 0 Å². The molecule has 3 heterocycles. The first-order chi connectivity index (χ1) is 26.6. The van der Waals surface area contributed by atoms with Crippen molar-refractivity contribution in [2.75, 3.05) is 6.54 Å². The first-order valence-corrected chi connectivity index (χ1v) is 21.7. The summed E-state index contributed by atoms with van der Waals surface area (Å²) in [4.78, 5) is 71.6. The third-order valence-electron chi connectivity index (χ3n) is 12.3. The monoisotopic (exact) mass is 793 g/mol. The van der Waals surface area contributed by atoms with Crippen LogP contribution in [-0.2, 0) is 35.7 Å². The molecule has 2 bridgehead atoms. The number of benzene rings is 1. The zero-order chi connectivity index (χ0) is 40.0. The molecule has 15 heteroatoms. The first kappa shape index (κ1) is 39.8. The van der Waals surface area contributed by atoms with Gasteiger partial charge in [-0.25, -0.2) is 13.2 Å². The molecule has 3 N–H and O–H groups in total. The third kappa shape index (κ3) is 8.19. The summed E-state index contributed by atoms with van der Waals surface area (Å²) in [6, 6.07) is 6.82. The van der Waals surface area contributed by atoms with Crippen LogP contribution in [0.15, 0.2) is 47.8 Å². The number of carbonyl (C=O) groups is 4. The molecule has 2 aliphatic heterocycles. The first-order valence-electron chi connectivity index (χ1n) is 20.2. The normalized spacial score (nSPS) is 30.3. The van der Waals surface area contributed by atoms with Crippen LogP contribution in [0.4, 0.5) is 4.79 Å². The van der Waals surface area contributed by atoms with E-state index in [4.69, 9.17) is 9.47 Å². The van der Waals surface area contributed by atoms with Gasteiger partial charge in [0.1, 0.15) is 29.8 Å². The Morgan fingerprint density at radius 1 is 0.982 bits per heavy atom. The lowest BCUT2D eigenvalue weighted by atomic mass is 9.85. The maximum absolute atomic E-state index is 14.7. The minimum Gasteiger partial charge on any atom is -0.473 e. The number of pyridine rings is 1. The number of amides is 4. The second kappa shape index (κ2) is 15.5. The number of nitrogens with zero attached hydrogens (tertiary/aromatic N) is 2. The van der Waals surface area contributed by atoms with E-state index in [0.29, 0.717) is 36.0 Å². The molecule has 7 atom stereocenters. The Kier molecular flexibility index (Phi) is 11.0. The average Bonchev–Trinajstić information content (AvgIpc) is 4.04. The van der Waals surface area contributed by atoms with Crippen molar-refractivity contribution in [1.29, 1.82) is 0 Å². The highest BCUT2D eigenvalue weighted by atomic mass is 32.2. The molecule has 7 rings (SSSR count). The highest BCUT2D eigenvalue weighted by Gasteiger charge is 2.62. The quantitative estimate of drug-likeness (QED) is 0.360. The Balaban J connectivity index is 1.23. The molecule has 1 saturated heterocycles. The van der Waals surface area contributed by atoms with E-state index in [1.807, 2.05) is 45.0 Å². The largest absolute Gasteiger partial charge is 0.473 e. The van der Waals surface area contributed by atoms with Crippen LogP contribution in [0, 0.1) is 17.3 Å². The van der Waals surface area contributed by atoms with Crippen LogP contribution in [0.3, 0.4) is 0 Å². The number of hydrogen-bond acceptors (Lipinski definition) is 9. The van der Waals surface area contributed by atoms with Gasteiger partial charge in [-0.1, -0.05) is 64.3 Å². The van der Waals surface area contributed by atoms with Crippen LogP contribution < -0.4 is 25.7 Å². The molecule has 5 aliphatic rings. The number of hydrogen-bond donors (Lipinski definition) is 3. The van der Waals surface area contributed by atoms with Gasteiger partial charge in [0.05, 0.1) is 11.8 Å². The Morgan fingerprint density at radius 3 is 2.43 bits per heavy atom. The van der Waals surface area contributed by atoms with Gasteiger partial charge in [0.2, 0.25) is 21.8 Å². The zero-order valence-corrected chi connectivity index (χ0v) is 33.4. The molecule has 304 valence electrons. The summed E-state index contributed by atoms with van der Waals surface area (Å²) in [5.74, 6) is -2.05. The van der Waals surface area contributed by atoms with Crippen molar-refractivity contribution in [3.05, 3.63) is 53.3 Å². The fraction of sp³-hybridized carbons (Fsp3) is 0.634. The summed E-state index contributed by atoms with van der Waals surface area (Å²) in [7, 11) is -3.91. The topological polar surface area (TPSA) is 182 Å². The predicted molar refractivity (Wildman–Crippen MR) is 209 cm³/mol. The lowest BCUT2D eigenvalue weighted by Crippen LogP contribution is -2.60. The van der Waals surface area contributed by atoms with Gasteiger partial charge in [-0.2, -0.15) is 0 Å². The van der Waals surface area contributed by atoms with E-state index < -0.39 is 74.1 Å². The van der Waals surface area contributed by atoms with Gasteiger partial charge >= 0.3 is 6.09 Å². The number of fused-ring (bicyclic) bond motifs is 5. The highest BCUT2D eigenvalue weighted by Crippen LogP contribution is 2.45. The maximum Gasteiger partial charge on any atom is 0.408 e. The van der Waals surface area contributed by atoms with E-state index in [-0.39, 0.29) is 37.0 Å². The van der Waals surface area contributed by atoms with Crippen molar-refractivity contribution in [1.82, 2.24) is 24.8 Å². The van der Waals surface area contributed by atoms with E-state index in [1.165, 1.54) is 11.0 Å². The predicted octanol–water partition coefficient (Wildman–Crippen LogP) is 4.29. The second-order valence-electron chi connectivity index (χ2n) is 17.5. The lowest BCUT2D eigenvalue weighted by molar-refractivity contribution is -0.143. The summed E-state index contributed by atoms with van der Waals surface area (Å²) in [5, 5.41) is 6.26. The lowest BCUT2D eigenvalue weighted by Gasteiger charge is -2.35. The summed E-state index contributed by atoms with van der Waals surface area (Å²) in [6.45, 7) is 9.59. The van der Waals surface area contributed by atoms with Gasteiger partial charge in [-0.15, -0.1) is 6.58 Å². The molecule has 0 spiro atoms. The summed E-state index contributed by atoms with van der Waals surface area (Å²) >= 11 is 0. The molecule has 4 fully saturated rings. The number of aromatic nitrogens is 1. The summed E-state index contributed by atoms with van der Waals surface area (Å²) < 4.78 is 41.9. The number of sulfonamides is 1. The summed E-state index contributed by atoms with van der Waals surface area (Å²) in [6.07, 6.45) is 7.95. The fourth-order valence-corrected chi connectivity index (χ4v) is 10.1. The zero-order valence-electron chi connectivity index (χ0n) is 32.6. The Labute approximate surface area is 328 Å². The number of carbonyl (C=O) groups excluding carboxylic acids is 4. The molecular formula is C41H55N5O9S. The SMILES string of the molecule is C=C[C@@H]1C[C@]1(NC(=O)[C@@H]1C[C@@H]2CN1C(=O)[C@H](C(C)(C)C)NC(=O)O[C@@H]1CCC[C@@H]1CCCCCCn1c(cc3ccccc3c1=O)O2)C(=O)NS(=O)(=O)C1CC1. The number of nitrogens with one attached hydrogen (secondary N) is 3. The maximum atomic E-state index is 14.7. The van der Waals surface area contributed by atoms with Crippen molar-refractivity contribution in [2.45, 2.75) is 139 Å². The molecular weight excluding hydrogens is 739 g/mol. The van der Waals surface area contributed by atoms with Crippen molar-refractivity contribution < 1.29 is 37.1 Å². The second-order valence-corrected chi connectivity index (χ2v) is 19.4. The fourth-order valence-electron chi connectivity index (χ4n) is 8.77. The molecule has 3 aliphatic carbocycles. The van der Waals surface area contributed by atoms with Gasteiger partial charge in [0, 0.05) is 30.3 Å². The van der Waals surface area contributed by atoms with Crippen LogP contribution >= 0.6 is 0 Å². The van der Waals surface area contributed by atoms with Gasteiger partial charge in [0.15, 0.2) is 5.88 Å². The van der Waals surface area contributed by atoms with E-state index in [9.17, 15) is 32.4 Å². The van der Waals surface area contributed by atoms with Crippen LogP contribution in [0.5, 0.6) is 5.88 Å². The van der Waals surface area contributed by atoms with Gasteiger partial charge < -0.3 is 25.0 Å². The van der Waals surface area contributed by atoms with Crippen LogP contribution in [0.25, 0.3) is 10.8 Å². The molecule has 2 aromatic rings. The van der Waals surface area contributed by atoms with E-state index in [2.05, 4.69) is 21.9 Å². The molecule has 1 aromatic heterocycles. The number of ether oxygens (including phenoxy) is 2. The Hall–Kier alpha value is -4.40. The number of alkyl carbamates (subject to hydrolysis) is 1. The summed E-state index contributed by atoms with van der Waals surface area (Å²) in [5.41, 5.74) is -2.57. The van der Waals surface area contributed by atoms with Crippen molar-refractivity contribution in [3.8, 4) is 5.88 Å². The van der Waals surface area contributed by atoms with Crippen LogP contribution in [0.1, 0.15) is 97.8 Å². The molecule has 4 amide bonds. The van der Waals surface area contributed by atoms with E-state index >= 15 is 0 Å². The van der Waals surface area contributed by atoms with Crippen molar-refractivity contribution in [3.63, 3.8) is 0 Å². The molecule has 3 saturated carbocycles. The highest BCUT2D eigenvalue weighted by molar-refractivity contribution is 7.91. The van der Waals surface area contributed by atoms with Crippen molar-refractivity contribution in [2.24, 2.45) is 17.3 Å². The minimum atomic E-state index is -3.91. The molecule has 56 heavy (non-hydrogen) atoms. The molecule has 0 radical (unpaired) electrons. The Morgan fingerprint density at radius 2 is 1.71 bits per heavy atom. The van der Waals surface area contributed by atoms with Gasteiger partial charge in [0.25, 0.3) is 11.5 Å². The van der Waals surface area contributed by atoms with Crippen LogP contribution in [-0.4, -0.2) is 83.3 Å². The molecule has 0 unspecified atom stereocenters. The number of rotatable bonds is 6. The van der Waals surface area contributed by atoms with Crippen molar-refractivity contribution >= 4 is 44.6 Å². The van der Waals surface area contributed by atoms with E-state index in [0.717, 1.165) is 51.4 Å². The Bertz CT molecular complexity index is 2060. The molecule has 14 nitrogen and oxygen atoms in total. The standard InChI is InChI=1S/C41H55N5O9S/c1-5-27-23-41(27,38(50)44-56(52,53)29-18-19-29)43-35(47)31-22-28-24-46(31)37(49)34(40(2,3)4)42-39(51)55-32-17-12-15-25(32)13-8-6-7-11-20-45-33(54-28)21-26-14-9-10-16-30(26)36(45)48/h5,9-10,14,16,21,25,27-29,31-32,34H,1,6-8,11-13,15,17-20,22-24H2,2-4H3,(H,42,51)(H,43,47)(H,44,50)/t25-,27+,28+,31-,32+,34+,41+/m0/s1. The van der Waals surface area contributed by atoms with Gasteiger partial charge in [-0.05, 0) is 74.2 Å². The van der Waals surface area contributed by atoms with E-state index in [1.54, 1.807) is 10.6 Å². The molecule has 1 aromatic carbocycles. The average molecular weight is 794 g/mol. The minimum absolute atomic E-state index is 0.000478. The third-order valence-corrected chi connectivity index (χ3v) is 14.1. The van der Waals surface area contributed by atoms with Gasteiger partial charge in [-0.3, -0.25) is 28.5 Å². The smallest absolute Gasteiger partial charge is 0.408 e.